The number of hydrogen-bond acceptors (Lipinski definition) is 6. The fraction of sp³-hybridized carbons (Fsp3) is 0.760. The van der Waals surface area contributed by atoms with E-state index in [1.54, 1.807) is 26.8 Å². The molecule has 0 aromatic rings. The Morgan fingerprint density at radius 2 is 2.00 bits per heavy atom. The van der Waals surface area contributed by atoms with Gasteiger partial charge in [0.25, 0.3) is 0 Å². The highest BCUT2D eigenvalue weighted by Crippen LogP contribution is 2.72. The molecule has 5 rings (SSSR count). The van der Waals surface area contributed by atoms with Crippen molar-refractivity contribution < 1.29 is 33.3 Å². The van der Waals surface area contributed by atoms with E-state index in [4.69, 9.17) is 14.2 Å². The third kappa shape index (κ3) is 2.43. The Kier molecular flexibility index (Phi) is 4.61. The van der Waals surface area contributed by atoms with Crippen LogP contribution in [0.1, 0.15) is 53.4 Å². The van der Waals surface area contributed by atoms with Crippen molar-refractivity contribution in [1.29, 1.82) is 0 Å². The lowest BCUT2D eigenvalue weighted by Crippen LogP contribution is -2.70. The van der Waals surface area contributed by atoms with E-state index in [1.807, 2.05) is 6.92 Å². The molecule has 1 N–H and O–H groups in total. The number of ketones is 2. The van der Waals surface area contributed by atoms with Gasteiger partial charge < -0.3 is 19.3 Å². The molecule has 8 atom stereocenters. The van der Waals surface area contributed by atoms with Crippen LogP contribution in [0.15, 0.2) is 23.8 Å². The monoisotopic (exact) mass is 448 g/mol. The third-order valence-electron chi connectivity index (χ3n) is 9.32. The van der Waals surface area contributed by atoms with Crippen molar-refractivity contribution >= 4 is 11.6 Å². The maximum Gasteiger partial charge on any atom is 0.193 e. The second kappa shape index (κ2) is 6.59. The smallest absolute Gasteiger partial charge is 0.193 e. The fourth-order valence-corrected chi connectivity index (χ4v) is 8.05. The fourth-order valence-electron chi connectivity index (χ4n) is 8.05. The molecule has 0 spiro atoms. The first-order valence-electron chi connectivity index (χ1n) is 11.6. The zero-order valence-electron chi connectivity index (χ0n) is 19.4. The summed E-state index contributed by atoms with van der Waals surface area (Å²) in [5.41, 5.74) is -4.38. The Morgan fingerprint density at radius 1 is 1.28 bits per heavy atom. The van der Waals surface area contributed by atoms with E-state index in [2.05, 4.69) is 0 Å². The maximum absolute atomic E-state index is 17.2. The highest BCUT2D eigenvalue weighted by Gasteiger charge is 2.80. The number of allylic oxidation sites excluding steroid dienone is 4. The van der Waals surface area contributed by atoms with Crippen molar-refractivity contribution in [1.82, 2.24) is 0 Å². The first-order chi connectivity index (χ1) is 14.9. The highest BCUT2D eigenvalue weighted by molar-refractivity contribution is 6.01. The number of alkyl halides is 1. The van der Waals surface area contributed by atoms with Gasteiger partial charge in [0.15, 0.2) is 28.6 Å². The summed E-state index contributed by atoms with van der Waals surface area (Å²) in [6.45, 7) is 7.18. The van der Waals surface area contributed by atoms with Crippen LogP contribution in [-0.2, 0) is 23.8 Å². The summed E-state index contributed by atoms with van der Waals surface area (Å²) in [6, 6.07) is 0. The van der Waals surface area contributed by atoms with Gasteiger partial charge >= 0.3 is 0 Å². The number of Topliss-reactive ketones (excluding diaryl/α,β-unsaturated/α-hetero) is 1. The van der Waals surface area contributed by atoms with E-state index in [1.165, 1.54) is 19.3 Å². The number of rotatable bonds is 3. The van der Waals surface area contributed by atoms with Crippen LogP contribution in [0, 0.1) is 22.7 Å². The number of methoxy groups -OCH3 is 1. The van der Waals surface area contributed by atoms with Crippen molar-refractivity contribution in [2.24, 2.45) is 22.7 Å². The average molecular weight is 449 g/mol. The van der Waals surface area contributed by atoms with Gasteiger partial charge in [-0.25, -0.2) is 4.39 Å². The number of halogens is 1. The average Bonchev–Trinajstić information content (AvgIpc) is 3.10. The number of carbonyl (C=O) groups excluding carboxylic acids is 2. The minimum atomic E-state index is -1.95. The second-order valence-electron chi connectivity index (χ2n) is 11.2. The van der Waals surface area contributed by atoms with Gasteiger partial charge in [-0.2, -0.15) is 0 Å². The molecule has 1 saturated heterocycles. The molecule has 1 heterocycles. The van der Waals surface area contributed by atoms with Crippen LogP contribution >= 0.6 is 0 Å². The molecule has 32 heavy (non-hydrogen) atoms. The lowest BCUT2D eigenvalue weighted by Gasteiger charge is -2.62. The van der Waals surface area contributed by atoms with Crippen LogP contribution in [0.5, 0.6) is 0 Å². The minimum absolute atomic E-state index is 0.0702. The molecule has 6 nitrogen and oxygen atoms in total. The Morgan fingerprint density at radius 3 is 2.69 bits per heavy atom. The van der Waals surface area contributed by atoms with Gasteiger partial charge in [-0.3, -0.25) is 9.59 Å². The lowest BCUT2D eigenvalue weighted by atomic mass is 9.44. The van der Waals surface area contributed by atoms with Gasteiger partial charge in [-0.15, -0.1) is 0 Å². The van der Waals surface area contributed by atoms with E-state index >= 15 is 4.39 Å². The van der Waals surface area contributed by atoms with Crippen LogP contribution in [0.25, 0.3) is 0 Å². The largest absolute Gasteiger partial charge is 0.390 e. The molecule has 0 amide bonds. The molecule has 0 unspecified atom stereocenters. The minimum Gasteiger partial charge on any atom is -0.390 e. The number of carbonyl (C=O) groups is 2. The van der Waals surface area contributed by atoms with Gasteiger partial charge in [-0.05, 0) is 64.5 Å². The van der Waals surface area contributed by atoms with Crippen molar-refractivity contribution in [2.45, 2.75) is 82.6 Å². The quantitative estimate of drug-likeness (QED) is 0.715. The molecule has 0 aromatic carbocycles. The molecule has 4 fully saturated rings. The van der Waals surface area contributed by atoms with Crippen molar-refractivity contribution in [3.8, 4) is 0 Å². The van der Waals surface area contributed by atoms with E-state index < -0.39 is 46.0 Å². The zero-order valence-corrected chi connectivity index (χ0v) is 19.4. The molecule has 3 saturated carbocycles. The summed E-state index contributed by atoms with van der Waals surface area (Å²) in [7, 11) is 1.47. The molecule has 1 aliphatic heterocycles. The molecule has 5 aliphatic rings. The highest BCUT2D eigenvalue weighted by atomic mass is 19.1. The first-order valence-corrected chi connectivity index (χ1v) is 11.6. The Balaban J connectivity index is 1.63. The van der Waals surface area contributed by atoms with Crippen LogP contribution < -0.4 is 0 Å². The molecule has 0 bridgehead atoms. The number of aliphatic hydroxyl groups is 1. The first kappa shape index (κ1) is 22.4. The van der Waals surface area contributed by atoms with Crippen molar-refractivity contribution in [3.63, 3.8) is 0 Å². The summed E-state index contributed by atoms with van der Waals surface area (Å²) in [5, 5.41) is 11.5. The predicted molar refractivity (Wildman–Crippen MR) is 113 cm³/mol. The number of hydrogen-bond donors (Lipinski definition) is 1. The number of fused-ring (bicyclic) bond motifs is 7. The van der Waals surface area contributed by atoms with Crippen LogP contribution in [0.2, 0.25) is 0 Å². The molecular formula is C25H33FO6. The summed E-state index contributed by atoms with van der Waals surface area (Å²) < 4.78 is 35.0. The summed E-state index contributed by atoms with van der Waals surface area (Å²) in [6.07, 6.45) is 4.36. The predicted octanol–water partition coefficient (Wildman–Crippen LogP) is 3.07. The van der Waals surface area contributed by atoms with Gasteiger partial charge in [0.05, 0.1) is 12.2 Å². The summed E-state index contributed by atoms with van der Waals surface area (Å²) >= 11 is 0. The van der Waals surface area contributed by atoms with Gasteiger partial charge in [0.1, 0.15) is 6.61 Å². The topological polar surface area (TPSA) is 82.1 Å². The second-order valence-corrected chi connectivity index (χ2v) is 11.2. The third-order valence-corrected chi connectivity index (χ3v) is 9.32. The van der Waals surface area contributed by atoms with E-state index in [0.29, 0.717) is 19.3 Å². The molecule has 0 aromatic heterocycles. The Hall–Kier alpha value is -1.41. The normalized spacial score (nSPS) is 50.8. The number of aliphatic hydroxyl groups excluding tert-OH is 1. The summed E-state index contributed by atoms with van der Waals surface area (Å²) in [4.78, 5) is 25.5. The molecular weight excluding hydrogens is 415 g/mol. The van der Waals surface area contributed by atoms with Gasteiger partial charge in [-0.1, -0.05) is 18.6 Å². The Bertz CT molecular complexity index is 941. The van der Waals surface area contributed by atoms with Gasteiger partial charge in [0.2, 0.25) is 0 Å². The molecule has 7 heteroatoms. The zero-order chi connectivity index (χ0) is 23.3. The van der Waals surface area contributed by atoms with E-state index in [0.717, 1.165) is 5.57 Å². The number of ether oxygens (including phenoxy) is 3. The Labute approximate surface area is 188 Å². The van der Waals surface area contributed by atoms with Crippen LogP contribution in [0.4, 0.5) is 4.39 Å². The lowest BCUT2D eigenvalue weighted by molar-refractivity contribution is -0.246. The molecule has 0 radical (unpaired) electrons. The SMILES string of the molecule is COCC(=O)[C@@]12OC(C)(C)O[C@@H]1C[C@H]1[C@@H]3CCC4=CC(=O)C=C[C@]4(C)[C@@]3(F)[C@@H](O)C[C@@]12C. The summed E-state index contributed by atoms with van der Waals surface area (Å²) in [5.74, 6) is -2.03. The molecule has 4 aliphatic carbocycles. The van der Waals surface area contributed by atoms with E-state index in [9.17, 15) is 14.7 Å². The standard InChI is InChI=1S/C25H33FO6/c1-21(2)31-20-11-17-16-7-6-14-10-15(27)8-9-22(14,3)24(16,26)18(28)12-23(17,4)25(20,32-21)19(29)13-30-5/h8-10,16-18,20,28H,6-7,11-13H2,1-5H3/t16-,17-,18-,20+,22-,23-,24-,25+/m0/s1. The van der Waals surface area contributed by atoms with Gasteiger partial charge in [0, 0.05) is 23.9 Å². The maximum atomic E-state index is 17.2. The van der Waals surface area contributed by atoms with Crippen molar-refractivity contribution in [3.05, 3.63) is 23.8 Å². The van der Waals surface area contributed by atoms with E-state index in [-0.39, 0.29) is 30.5 Å². The van der Waals surface area contributed by atoms with Crippen molar-refractivity contribution in [2.75, 3.05) is 13.7 Å². The van der Waals surface area contributed by atoms with Crippen LogP contribution in [-0.4, -0.2) is 59.7 Å². The molecule has 176 valence electrons. The van der Waals surface area contributed by atoms with Crippen LogP contribution in [0.3, 0.4) is 0 Å².